The molecule has 0 aromatic carbocycles. The van der Waals surface area contributed by atoms with Crippen LogP contribution in [0.1, 0.15) is 65.6 Å². The van der Waals surface area contributed by atoms with E-state index in [4.69, 9.17) is 0 Å². The van der Waals surface area contributed by atoms with Gasteiger partial charge in [-0.05, 0) is 39.0 Å². The van der Waals surface area contributed by atoms with Crippen molar-refractivity contribution >= 4 is 11.6 Å². The van der Waals surface area contributed by atoms with Crippen LogP contribution < -0.4 is 10.6 Å². The Bertz CT molecular complexity index is 450. The van der Waals surface area contributed by atoms with Crippen LogP contribution in [0.5, 0.6) is 0 Å². The molecule has 1 heterocycles. The van der Waals surface area contributed by atoms with Gasteiger partial charge in [-0.3, -0.25) is 0 Å². The molecule has 0 atom stereocenters. The van der Waals surface area contributed by atoms with Crippen LogP contribution in [0.4, 0.5) is 11.6 Å². The zero-order valence-corrected chi connectivity index (χ0v) is 13.5. The number of nitrogens with one attached hydrogen (secondary N) is 2. The molecule has 112 valence electrons. The van der Waals surface area contributed by atoms with Crippen LogP contribution in [0.3, 0.4) is 0 Å². The van der Waals surface area contributed by atoms with Crippen LogP contribution in [0, 0.1) is 5.92 Å². The Morgan fingerprint density at radius 3 is 2.45 bits per heavy atom. The monoisotopic (exact) mass is 276 g/mol. The Kier molecular flexibility index (Phi) is 4.51. The van der Waals surface area contributed by atoms with E-state index in [1.165, 1.54) is 12.8 Å². The van der Waals surface area contributed by atoms with Crippen LogP contribution in [0.2, 0.25) is 0 Å². The van der Waals surface area contributed by atoms with Crippen molar-refractivity contribution in [2.75, 3.05) is 17.2 Å². The number of rotatable bonds is 7. The van der Waals surface area contributed by atoms with Gasteiger partial charge in [0, 0.05) is 24.1 Å². The lowest BCUT2D eigenvalue weighted by molar-refractivity contribution is 0.492. The number of aromatic nitrogens is 2. The van der Waals surface area contributed by atoms with Crippen molar-refractivity contribution < 1.29 is 0 Å². The fourth-order valence-electron chi connectivity index (χ4n) is 2.37. The first-order chi connectivity index (χ1) is 9.42. The summed E-state index contributed by atoms with van der Waals surface area (Å²) in [6.45, 7) is 11.9. The van der Waals surface area contributed by atoms with Crippen molar-refractivity contribution in [3.05, 3.63) is 11.9 Å². The molecule has 2 N–H and O–H groups in total. The Labute approximate surface area is 122 Å². The third-order valence-corrected chi connectivity index (χ3v) is 3.86. The van der Waals surface area contributed by atoms with E-state index >= 15 is 0 Å². The smallest absolute Gasteiger partial charge is 0.135 e. The molecule has 4 nitrogen and oxygen atoms in total. The van der Waals surface area contributed by atoms with Gasteiger partial charge >= 0.3 is 0 Å². The predicted octanol–water partition coefficient (Wildman–Crippen LogP) is 4.02. The molecular formula is C16H28N4. The SMILES string of the molecule is CCCNc1cc(NC(C)(C)C2CC2)nc(C(C)C)n1. The van der Waals surface area contributed by atoms with Gasteiger partial charge in [0.25, 0.3) is 0 Å². The fourth-order valence-corrected chi connectivity index (χ4v) is 2.37. The summed E-state index contributed by atoms with van der Waals surface area (Å²) >= 11 is 0. The van der Waals surface area contributed by atoms with Crippen LogP contribution in [-0.4, -0.2) is 22.1 Å². The second-order valence-electron chi connectivity index (χ2n) is 6.70. The van der Waals surface area contributed by atoms with E-state index in [2.05, 4.69) is 55.2 Å². The molecule has 0 saturated heterocycles. The molecule has 0 bridgehead atoms. The molecule has 1 saturated carbocycles. The molecule has 4 heteroatoms. The largest absolute Gasteiger partial charge is 0.370 e. The number of nitrogens with zero attached hydrogens (tertiary/aromatic N) is 2. The van der Waals surface area contributed by atoms with E-state index in [9.17, 15) is 0 Å². The second kappa shape index (κ2) is 5.98. The third-order valence-electron chi connectivity index (χ3n) is 3.86. The molecule has 1 aliphatic rings. The summed E-state index contributed by atoms with van der Waals surface area (Å²) in [7, 11) is 0. The van der Waals surface area contributed by atoms with E-state index in [1.807, 2.05) is 6.07 Å². The quantitative estimate of drug-likeness (QED) is 0.789. The first-order valence-electron chi connectivity index (χ1n) is 7.83. The van der Waals surface area contributed by atoms with E-state index in [1.54, 1.807) is 0 Å². The minimum Gasteiger partial charge on any atom is -0.370 e. The van der Waals surface area contributed by atoms with Crippen LogP contribution >= 0.6 is 0 Å². The minimum absolute atomic E-state index is 0.116. The summed E-state index contributed by atoms with van der Waals surface area (Å²) < 4.78 is 0. The molecule has 0 aliphatic heterocycles. The summed E-state index contributed by atoms with van der Waals surface area (Å²) in [6.07, 6.45) is 3.74. The van der Waals surface area contributed by atoms with E-state index < -0.39 is 0 Å². The molecule has 1 fully saturated rings. The van der Waals surface area contributed by atoms with E-state index in [0.717, 1.165) is 36.3 Å². The maximum Gasteiger partial charge on any atom is 0.135 e. The predicted molar refractivity (Wildman–Crippen MR) is 85.3 cm³/mol. The Hall–Kier alpha value is -1.32. The summed E-state index contributed by atoms with van der Waals surface area (Å²) in [5, 5.41) is 6.97. The van der Waals surface area contributed by atoms with Crippen molar-refractivity contribution in [2.45, 2.75) is 65.3 Å². The average Bonchev–Trinajstić information content (AvgIpc) is 3.20. The van der Waals surface area contributed by atoms with Crippen molar-refractivity contribution in [1.29, 1.82) is 0 Å². The van der Waals surface area contributed by atoms with Crippen LogP contribution in [0.25, 0.3) is 0 Å². The molecule has 20 heavy (non-hydrogen) atoms. The highest BCUT2D eigenvalue weighted by Gasteiger charge is 2.38. The van der Waals surface area contributed by atoms with Crippen LogP contribution in [0.15, 0.2) is 6.07 Å². The van der Waals surface area contributed by atoms with E-state index in [0.29, 0.717) is 5.92 Å². The molecule has 0 radical (unpaired) electrons. The van der Waals surface area contributed by atoms with Gasteiger partial charge in [-0.15, -0.1) is 0 Å². The maximum atomic E-state index is 4.67. The maximum absolute atomic E-state index is 4.67. The Balaban J connectivity index is 2.19. The van der Waals surface area contributed by atoms with Crippen molar-refractivity contribution in [3.63, 3.8) is 0 Å². The highest BCUT2D eigenvalue weighted by Crippen LogP contribution is 2.41. The van der Waals surface area contributed by atoms with Gasteiger partial charge in [0.15, 0.2) is 0 Å². The van der Waals surface area contributed by atoms with Gasteiger partial charge in [-0.2, -0.15) is 0 Å². The number of hydrogen-bond donors (Lipinski definition) is 2. The normalized spacial score (nSPS) is 15.5. The second-order valence-corrected chi connectivity index (χ2v) is 6.70. The summed E-state index contributed by atoms with van der Waals surface area (Å²) in [6, 6.07) is 2.03. The zero-order chi connectivity index (χ0) is 14.8. The average molecular weight is 276 g/mol. The molecule has 1 aromatic heterocycles. The third kappa shape index (κ3) is 3.84. The molecule has 1 aliphatic carbocycles. The summed E-state index contributed by atoms with van der Waals surface area (Å²) in [4.78, 5) is 9.27. The standard InChI is InChI=1S/C16H28N4/c1-6-9-17-13-10-14(19-15(18-13)11(2)3)20-16(4,5)12-7-8-12/h10-12H,6-9H2,1-5H3,(H2,17,18,19,20). The number of hydrogen-bond acceptors (Lipinski definition) is 4. The summed E-state index contributed by atoms with van der Waals surface area (Å²) in [5.41, 5.74) is 0.116. The fraction of sp³-hybridized carbons (Fsp3) is 0.750. The van der Waals surface area contributed by atoms with Gasteiger partial charge in [-0.1, -0.05) is 20.8 Å². The first kappa shape index (κ1) is 15.1. The Morgan fingerprint density at radius 2 is 1.90 bits per heavy atom. The highest BCUT2D eigenvalue weighted by molar-refractivity contribution is 5.49. The molecule has 0 spiro atoms. The van der Waals surface area contributed by atoms with Crippen molar-refractivity contribution in [3.8, 4) is 0 Å². The van der Waals surface area contributed by atoms with Gasteiger partial charge in [0.1, 0.15) is 17.5 Å². The van der Waals surface area contributed by atoms with Gasteiger partial charge in [0.05, 0.1) is 0 Å². The lowest BCUT2D eigenvalue weighted by Gasteiger charge is -2.27. The van der Waals surface area contributed by atoms with Crippen molar-refractivity contribution in [1.82, 2.24) is 9.97 Å². The highest BCUT2D eigenvalue weighted by atomic mass is 15.1. The molecule has 0 unspecified atom stereocenters. The Morgan fingerprint density at radius 1 is 1.25 bits per heavy atom. The molecule has 2 rings (SSSR count). The molecular weight excluding hydrogens is 248 g/mol. The number of anilines is 2. The van der Waals surface area contributed by atoms with Gasteiger partial charge in [0.2, 0.25) is 0 Å². The van der Waals surface area contributed by atoms with Crippen molar-refractivity contribution in [2.24, 2.45) is 5.92 Å². The summed E-state index contributed by atoms with van der Waals surface area (Å²) in [5.74, 6) is 3.88. The molecule has 0 amide bonds. The lowest BCUT2D eigenvalue weighted by atomic mass is 9.99. The topological polar surface area (TPSA) is 49.8 Å². The van der Waals surface area contributed by atoms with Crippen LogP contribution in [-0.2, 0) is 0 Å². The zero-order valence-electron chi connectivity index (χ0n) is 13.5. The lowest BCUT2D eigenvalue weighted by Crippen LogP contribution is -2.34. The van der Waals surface area contributed by atoms with Gasteiger partial charge in [-0.25, -0.2) is 9.97 Å². The first-order valence-corrected chi connectivity index (χ1v) is 7.83. The molecule has 1 aromatic rings. The van der Waals surface area contributed by atoms with E-state index in [-0.39, 0.29) is 5.54 Å². The minimum atomic E-state index is 0.116. The van der Waals surface area contributed by atoms with Gasteiger partial charge < -0.3 is 10.6 Å².